The summed E-state index contributed by atoms with van der Waals surface area (Å²) < 4.78 is 10.5. The van der Waals surface area contributed by atoms with Gasteiger partial charge in [0.05, 0.1) is 14.2 Å². The minimum Gasteiger partial charge on any atom is -0.497 e. The molecule has 116 valence electrons. The van der Waals surface area contributed by atoms with E-state index < -0.39 is 11.5 Å². The standard InChI is InChI=1S/C16H17NO5/c1-4-9-8-17-15(18)14(16(19)20)13(9)11-6-5-10(21-2)7-12(11)22-3/h5-8H,4H2,1-3H3,(H,17,18)(H,19,20). The summed E-state index contributed by atoms with van der Waals surface area (Å²) in [6, 6.07) is 5.05. The Bertz CT molecular complexity index is 764. The number of nitrogens with one attached hydrogen (secondary N) is 1. The number of hydrogen-bond donors (Lipinski definition) is 2. The Labute approximate surface area is 127 Å². The second-order valence-electron chi connectivity index (χ2n) is 4.62. The van der Waals surface area contributed by atoms with Crippen LogP contribution in [0, 0.1) is 0 Å². The molecule has 0 aliphatic carbocycles. The van der Waals surface area contributed by atoms with Gasteiger partial charge in [0.1, 0.15) is 17.1 Å². The number of carboxylic acid groups (broad SMARTS) is 1. The van der Waals surface area contributed by atoms with Crippen molar-refractivity contribution in [1.82, 2.24) is 4.98 Å². The lowest BCUT2D eigenvalue weighted by atomic mass is 9.94. The Morgan fingerprint density at radius 3 is 2.55 bits per heavy atom. The number of benzene rings is 1. The number of aromatic amines is 1. The summed E-state index contributed by atoms with van der Waals surface area (Å²) in [5.41, 5.74) is 0.711. The third kappa shape index (κ3) is 2.67. The maximum atomic E-state index is 11.9. The minimum atomic E-state index is -1.27. The molecule has 6 heteroatoms. The topological polar surface area (TPSA) is 88.6 Å². The van der Waals surface area contributed by atoms with Gasteiger partial charge in [0.2, 0.25) is 0 Å². The fourth-order valence-electron chi connectivity index (χ4n) is 2.37. The van der Waals surface area contributed by atoms with Crippen molar-refractivity contribution in [3.63, 3.8) is 0 Å². The maximum absolute atomic E-state index is 11.9. The van der Waals surface area contributed by atoms with Gasteiger partial charge in [-0.3, -0.25) is 4.79 Å². The summed E-state index contributed by atoms with van der Waals surface area (Å²) in [6.07, 6.45) is 2.11. The van der Waals surface area contributed by atoms with Gasteiger partial charge in [-0.05, 0) is 24.1 Å². The number of rotatable bonds is 5. The van der Waals surface area contributed by atoms with E-state index >= 15 is 0 Å². The van der Waals surface area contributed by atoms with E-state index in [9.17, 15) is 14.7 Å². The lowest BCUT2D eigenvalue weighted by Gasteiger charge is -2.15. The van der Waals surface area contributed by atoms with E-state index in [1.54, 1.807) is 18.2 Å². The summed E-state index contributed by atoms with van der Waals surface area (Å²) in [4.78, 5) is 25.9. The van der Waals surface area contributed by atoms with Crippen LogP contribution in [0.1, 0.15) is 22.8 Å². The highest BCUT2D eigenvalue weighted by Crippen LogP contribution is 2.36. The van der Waals surface area contributed by atoms with Crippen molar-refractivity contribution >= 4 is 5.97 Å². The van der Waals surface area contributed by atoms with Crippen molar-refractivity contribution in [2.45, 2.75) is 13.3 Å². The number of ether oxygens (including phenoxy) is 2. The van der Waals surface area contributed by atoms with Crippen LogP contribution in [-0.4, -0.2) is 30.3 Å². The van der Waals surface area contributed by atoms with Crippen molar-refractivity contribution in [2.24, 2.45) is 0 Å². The molecule has 1 aromatic carbocycles. The van der Waals surface area contributed by atoms with Crippen molar-refractivity contribution in [2.75, 3.05) is 14.2 Å². The predicted octanol–water partition coefficient (Wildman–Crippen LogP) is 2.32. The average molecular weight is 303 g/mol. The Hall–Kier alpha value is -2.76. The molecule has 0 amide bonds. The number of carboxylic acids is 1. The zero-order chi connectivity index (χ0) is 16.3. The van der Waals surface area contributed by atoms with E-state index in [4.69, 9.17) is 9.47 Å². The van der Waals surface area contributed by atoms with Crippen LogP contribution in [0.5, 0.6) is 11.5 Å². The number of methoxy groups -OCH3 is 2. The number of H-pyrrole nitrogens is 1. The fourth-order valence-corrected chi connectivity index (χ4v) is 2.37. The van der Waals surface area contributed by atoms with Crippen molar-refractivity contribution in [3.05, 3.63) is 45.9 Å². The molecule has 2 rings (SSSR count). The van der Waals surface area contributed by atoms with Gasteiger partial charge < -0.3 is 19.6 Å². The molecule has 0 saturated heterocycles. The number of hydrogen-bond acceptors (Lipinski definition) is 4. The molecule has 0 atom stereocenters. The van der Waals surface area contributed by atoms with Gasteiger partial charge in [-0.15, -0.1) is 0 Å². The molecular weight excluding hydrogens is 286 g/mol. The summed E-state index contributed by atoms with van der Waals surface area (Å²) in [5.74, 6) is -0.244. The smallest absolute Gasteiger partial charge is 0.341 e. The molecule has 0 saturated carbocycles. The van der Waals surface area contributed by atoms with Crippen molar-refractivity contribution in [3.8, 4) is 22.6 Å². The number of carbonyl (C=O) groups is 1. The first-order valence-electron chi connectivity index (χ1n) is 6.73. The van der Waals surface area contributed by atoms with Crippen molar-refractivity contribution < 1.29 is 19.4 Å². The lowest BCUT2D eigenvalue weighted by Crippen LogP contribution is -2.20. The highest BCUT2D eigenvalue weighted by molar-refractivity contribution is 5.97. The third-order valence-electron chi connectivity index (χ3n) is 3.45. The Kier molecular flexibility index (Phi) is 4.50. The number of aryl methyl sites for hydroxylation is 1. The van der Waals surface area contributed by atoms with Gasteiger partial charge in [-0.2, -0.15) is 0 Å². The molecule has 0 unspecified atom stereocenters. The highest BCUT2D eigenvalue weighted by atomic mass is 16.5. The van der Waals surface area contributed by atoms with Crippen LogP contribution in [-0.2, 0) is 6.42 Å². The summed E-state index contributed by atoms with van der Waals surface area (Å²) >= 11 is 0. The van der Waals surface area contributed by atoms with E-state index in [2.05, 4.69) is 4.98 Å². The Morgan fingerprint density at radius 1 is 1.27 bits per heavy atom. The zero-order valence-electron chi connectivity index (χ0n) is 12.6. The van der Waals surface area contributed by atoms with Gasteiger partial charge >= 0.3 is 5.97 Å². The largest absolute Gasteiger partial charge is 0.497 e. The second kappa shape index (κ2) is 6.34. The highest BCUT2D eigenvalue weighted by Gasteiger charge is 2.22. The Morgan fingerprint density at radius 2 is 2.00 bits per heavy atom. The normalized spacial score (nSPS) is 10.3. The van der Waals surface area contributed by atoms with Crippen LogP contribution >= 0.6 is 0 Å². The lowest BCUT2D eigenvalue weighted by molar-refractivity contribution is 0.0695. The number of aromatic carboxylic acids is 1. The monoisotopic (exact) mass is 303 g/mol. The van der Waals surface area contributed by atoms with Crippen LogP contribution in [0.2, 0.25) is 0 Å². The molecule has 0 spiro atoms. The quantitative estimate of drug-likeness (QED) is 0.885. The van der Waals surface area contributed by atoms with E-state index in [1.807, 2.05) is 6.92 Å². The van der Waals surface area contributed by atoms with Crippen LogP contribution in [0.25, 0.3) is 11.1 Å². The molecule has 0 fully saturated rings. The molecule has 1 aromatic heterocycles. The molecule has 2 N–H and O–H groups in total. The van der Waals surface area contributed by atoms with Gasteiger partial charge in [0.25, 0.3) is 5.56 Å². The average Bonchev–Trinajstić information content (AvgIpc) is 2.53. The first kappa shape index (κ1) is 15.6. The maximum Gasteiger partial charge on any atom is 0.341 e. The van der Waals surface area contributed by atoms with Crippen LogP contribution in [0.4, 0.5) is 0 Å². The van der Waals surface area contributed by atoms with Crippen molar-refractivity contribution in [1.29, 1.82) is 0 Å². The van der Waals surface area contributed by atoms with E-state index in [1.165, 1.54) is 20.4 Å². The number of aromatic nitrogens is 1. The molecule has 6 nitrogen and oxygen atoms in total. The van der Waals surface area contributed by atoms with E-state index in [0.29, 0.717) is 29.0 Å². The molecular formula is C16H17NO5. The summed E-state index contributed by atoms with van der Waals surface area (Å²) in [5, 5.41) is 9.41. The van der Waals surface area contributed by atoms with Gasteiger partial charge in [-0.1, -0.05) is 6.92 Å². The second-order valence-corrected chi connectivity index (χ2v) is 4.62. The van der Waals surface area contributed by atoms with Gasteiger partial charge in [0.15, 0.2) is 0 Å². The van der Waals surface area contributed by atoms with Gasteiger partial charge in [0, 0.05) is 23.4 Å². The molecule has 0 bridgehead atoms. The fraction of sp³-hybridized carbons (Fsp3) is 0.250. The molecule has 0 radical (unpaired) electrons. The van der Waals surface area contributed by atoms with Crippen LogP contribution in [0.15, 0.2) is 29.2 Å². The number of pyridine rings is 1. The van der Waals surface area contributed by atoms with Crippen LogP contribution in [0.3, 0.4) is 0 Å². The van der Waals surface area contributed by atoms with E-state index in [0.717, 1.165) is 5.56 Å². The third-order valence-corrected chi connectivity index (χ3v) is 3.45. The minimum absolute atomic E-state index is 0.289. The first-order valence-corrected chi connectivity index (χ1v) is 6.73. The molecule has 0 aliphatic rings. The SMILES string of the molecule is CCc1c[nH]c(=O)c(C(=O)O)c1-c1ccc(OC)cc1OC. The zero-order valence-corrected chi connectivity index (χ0v) is 12.6. The van der Waals surface area contributed by atoms with Gasteiger partial charge in [-0.25, -0.2) is 4.79 Å². The first-order chi connectivity index (χ1) is 10.5. The molecule has 1 heterocycles. The summed E-state index contributed by atoms with van der Waals surface area (Å²) in [7, 11) is 3.01. The summed E-state index contributed by atoms with van der Waals surface area (Å²) in [6.45, 7) is 1.89. The molecule has 0 aliphatic heterocycles. The molecule has 2 aromatic rings. The predicted molar refractivity (Wildman–Crippen MR) is 81.9 cm³/mol. The van der Waals surface area contributed by atoms with E-state index in [-0.39, 0.29) is 5.56 Å². The van der Waals surface area contributed by atoms with Crippen LogP contribution < -0.4 is 15.0 Å². The molecule has 22 heavy (non-hydrogen) atoms. The Balaban J connectivity index is 2.84.